The monoisotopic (exact) mass is 238 g/mol. The van der Waals surface area contributed by atoms with Gasteiger partial charge in [-0.15, -0.1) is 0 Å². The molecule has 0 aromatic carbocycles. The molecule has 2 nitrogen and oxygen atoms in total. The second kappa shape index (κ2) is 5.71. The van der Waals surface area contributed by atoms with Crippen molar-refractivity contribution in [2.75, 3.05) is 26.7 Å². The van der Waals surface area contributed by atoms with E-state index in [-0.39, 0.29) is 0 Å². The maximum absolute atomic E-state index is 3.85. The average Bonchev–Trinajstić information content (AvgIpc) is 2.79. The fraction of sp³-hybridized carbons (Fsp3) is 1.00. The van der Waals surface area contributed by atoms with Crippen LogP contribution in [-0.2, 0) is 0 Å². The third-order valence-electron chi connectivity index (χ3n) is 5.13. The molecule has 1 saturated carbocycles. The number of hydrogen-bond donors (Lipinski definition) is 1. The van der Waals surface area contributed by atoms with Crippen molar-refractivity contribution in [3.8, 4) is 0 Å². The molecule has 2 fully saturated rings. The Balaban J connectivity index is 1.71. The second-order valence-electron chi connectivity index (χ2n) is 6.78. The SMILES string of the molecule is CCC1CCC(NCC2(C)CCN(C)CC2)C1. The van der Waals surface area contributed by atoms with E-state index < -0.39 is 0 Å². The third kappa shape index (κ3) is 3.69. The summed E-state index contributed by atoms with van der Waals surface area (Å²) in [7, 11) is 2.25. The number of nitrogens with one attached hydrogen (secondary N) is 1. The summed E-state index contributed by atoms with van der Waals surface area (Å²) < 4.78 is 0. The third-order valence-corrected chi connectivity index (χ3v) is 5.13. The molecule has 1 heterocycles. The molecule has 0 radical (unpaired) electrons. The Kier molecular flexibility index (Phi) is 4.48. The smallest absolute Gasteiger partial charge is 0.00700 e. The molecule has 2 atom stereocenters. The van der Waals surface area contributed by atoms with Gasteiger partial charge >= 0.3 is 0 Å². The molecule has 0 amide bonds. The topological polar surface area (TPSA) is 15.3 Å². The first kappa shape index (κ1) is 13.4. The van der Waals surface area contributed by atoms with Gasteiger partial charge in [0.25, 0.3) is 0 Å². The molecule has 1 saturated heterocycles. The quantitative estimate of drug-likeness (QED) is 0.810. The van der Waals surface area contributed by atoms with Crippen LogP contribution < -0.4 is 5.32 Å². The highest BCUT2D eigenvalue weighted by Gasteiger charge is 2.30. The van der Waals surface area contributed by atoms with E-state index in [1.54, 1.807) is 0 Å². The predicted molar refractivity (Wildman–Crippen MR) is 74.3 cm³/mol. The molecular formula is C15H30N2. The molecule has 1 aliphatic carbocycles. The lowest BCUT2D eigenvalue weighted by molar-refractivity contribution is 0.133. The van der Waals surface area contributed by atoms with Crippen LogP contribution in [0.4, 0.5) is 0 Å². The molecule has 0 aromatic rings. The minimum absolute atomic E-state index is 0.552. The minimum atomic E-state index is 0.552. The largest absolute Gasteiger partial charge is 0.313 e. The van der Waals surface area contributed by atoms with Crippen molar-refractivity contribution in [2.45, 2.75) is 58.4 Å². The molecule has 1 N–H and O–H groups in total. The van der Waals surface area contributed by atoms with E-state index in [1.807, 2.05) is 0 Å². The summed E-state index contributed by atoms with van der Waals surface area (Å²) in [6.45, 7) is 8.60. The van der Waals surface area contributed by atoms with Crippen LogP contribution in [0.15, 0.2) is 0 Å². The van der Waals surface area contributed by atoms with Crippen molar-refractivity contribution in [2.24, 2.45) is 11.3 Å². The summed E-state index contributed by atoms with van der Waals surface area (Å²) in [4.78, 5) is 2.46. The van der Waals surface area contributed by atoms with Crippen LogP contribution in [0.5, 0.6) is 0 Å². The van der Waals surface area contributed by atoms with Crippen LogP contribution in [-0.4, -0.2) is 37.6 Å². The van der Waals surface area contributed by atoms with Gasteiger partial charge in [-0.1, -0.05) is 20.3 Å². The number of piperidine rings is 1. The van der Waals surface area contributed by atoms with E-state index in [0.717, 1.165) is 12.0 Å². The lowest BCUT2D eigenvalue weighted by Gasteiger charge is -2.38. The molecular weight excluding hydrogens is 208 g/mol. The highest BCUT2D eigenvalue weighted by atomic mass is 15.1. The molecule has 2 unspecified atom stereocenters. The Labute approximate surface area is 107 Å². The molecule has 17 heavy (non-hydrogen) atoms. The van der Waals surface area contributed by atoms with Crippen LogP contribution in [0, 0.1) is 11.3 Å². The summed E-state index contributed by atoms with van der Waals surface area (Å²) in [5.41, 5.74) is 0.552. The van der Waals surface area contributed by atoms with Crippen molar-refractivity contribution in [1.29, 1.82) is 0 Å². The van der Waals surface area contributed by atoms with Gasteiger partial charge in [0, 0.05) is 12.6 Å². The maximum atomic E-state index is 3.85. The zero-order valence-corrected chi connectivity index (χ0v) is 12.0. The van der Waals surface area contributed by atoms with Crippen molar-refractivity contribution in [1.82, 2.24) is 10.2 Å². The van der Waals surface area contributed by atoms with Crippen molar-refractivity contribution in [3.63, 3.8) is 0 Å². The highest BCUT2D eigenvalue weighted by Crippen LogP contribution is 2.32. The Morgan fingerprint density at radius 2 is 1.94 bits per heavy atom. The van der Waals surface area contributed by atoms with E-state index in [1.165, 1.54) is 58.2 Å². The minimum Gasteiger partial charge on any atom is -0.313 e. The highest BCUT2D eigenvalue weighted by molar-refractivity contribution is 4.87. The lowest BCUT2D eigenvalue weighted by atomic mass is 9.80. The van der Waals surface area contributed by atoms with Gasteiger partial charge in [0.2, 0.25) is 0 Å². The molecule has 0 spiro atoms. The first-order chi connectivity index (χ1) is 8.11. The van der Waals surface area contributed by atoms with Gasteiger partial charge in [0.1, 0.15) is 0 Å². The Morgan fingerprint density at radius 3 is 2.53 bits per heavy atom. The molecule has 2 aliphatic rings. The fourth-order valence-corrected chi connectivity index (χ4v) is 3.36. The summed E-state index contributed by atoms with van der Waals surface area (Å²) >= 11 is 0. The number of rotatable bonds is 4. The van der Waals surface area contributed by atoms with E-state index in [2.05, 4.69) is 31.1 Å². The van der Waals surface area contributed by atoms with E-state index in [9.17, 15) is 0 Å². The van der Waals surface area contributed by atoms with Crippen LogP contribution in [0.3, 0.4) is 0 Å². The summed E-state index contributed by atoms with van der Waals surface area (Å²) in [6, 6.07) is 0.816. The van der Waals surface area contributed by atoms with Crippen LogP contribution in [0.25, 0.3) is 0 Å². The van der Waals surface area contributed by atoms with Crippen molar-refractivity contribution >= 4 is 0 Å². The van der Waals surface area contributed by atoms with Gasteiger partial charge < -0.3 is 10.2 Å². The number of likely N-dealkylation sites (tertiary alicyclic amines) is 1. The first-order valence-electron chi connectivity index (χ1n) is 7.53. The predicted octanol–water partition coefficient (Wildman–Crippen LogP) is 2.89. The zero-order chi connectivity index (χ0) is 12.3. The Hall–Kier alpha value is -0.0800. The Morgan fingerprint density at radius 1 is 1.24 bits per heavy atom. The zero-order valence-electron chi connectivity index (χ0n) is 12.0. The molecule has 0 bridgehead atoms. The standard InChI is InChI=1S/C15H30N2/c1-4-13-5-6-14(11-13)16-12-15(2)7-9-17(3)10-8-15/h13-14,16H,4-12H2,1-3H3. The molecule has 100 valence electrons. The normalized spacial score (nSPS) is 34.1. The van der Waals surface area contributed by atoms with Crippen LogP contribution in [0.2, 0.25) is 0 Å². The van der Waals surface area contributed by atoms with Gasteiger partial charge in [-0.25, -0.2) is 0 Å². The van der Waals surface area contributed by atoms with Crippen LogP contribution >= 0.6 is 0 Å². The van der Waals surface area contributed by atoms with Crippen molar-refractivity contribution in [3.05, 3.63) is 0 Å². The van der Waals surface area contributed by atoms with E-state index in [4.69, 9.17) is 0 Å². The first-order valence-corrected chi connectivity index (χ1v) is 7.53. The lowest BCUT2D eigenvalue weighted by Crippen LogP contribution is -2.44. The van der Waals surface area contributed by atoms with Gasteiger partial charge in [-0.3, -0.25) is 0 Å². The fourth-order valence-electron chi connectivity index (χ4n) is 3.36. The van der Waals surface area contributed by atoms with Gasteiger partial charge in [0.15, 0.2) is 0 Å². The average molecular weight is 238 g/mol. The molecule has 1 aliphatic heterocycles. The van der Waals surface area contributed by atoms with Gasteiger partial charge in [0.05, 0.1) is 0 Å². The van der Waals surface area contributed by atoms with E-state index in [0.29, 0.717) is 5.41 Å². The van der Waals surface area contributed by atoms with Gasteiger partial charge in [-0.05, 0) is 63.6 Å². The maximum Gasteiger partial charge on any atom is 0.00700 e. The number of nitrogens with zero attached hydrogens (tertiary/aromatic N) is 1. The summed E-state index contributed by atoms with van der Waals surface area (Å²) in [5, 5.41) is 3.85. The van der Waals surface area contributed by atoms with Gasteiger partial charge in [-0.2, -0.15) is 0 Å². The number of hydrogen-bond acceptors (Lipinski definition) is 2. The summed E-state index contributed by atoms with van der Waals surface area (Å²) in [6.07, 6.45) is 8.38. The van der Waals surface area contributed by atoms with E-state index >= 15 is 0 Å². The molecule has 0 aromatic heterocycles. The second-order valence-corrected chi connectivity index (χ2v) is 6.78. The Bertz CT molecular complexity index is 231. The van der Waals surface area contributed by atoms with Crippen LogP contribution in [0.1, 0.15) is 52.4 Å². The van der Waals surface area contributed by atoms with Crippen molar-refractivity contribution < 1.29 is 0 Å². The molecule has 2 rings (SSSR count). The summed E-state index contributed by atoms with van der Waals surface area (Å²) in [5.74, 6) is 0.998. The molecule has 2 heteroatoms.